The minimum absolute atomic E-state index is 0.557. The van der Waals surface area contributed by atoms with Crippen molar-refractivity contribution < 1.29 is 5.11 Å². The van der Waals surface area contributed by atoms with Crippen molar-refractivity contribution in [2.75, 3.05) is 0 Å². The Bertz CT molecular complexity index is 394. The topological polar surface area (TPSA) is 19.9 Å². The van der Waals surface area contributed by atoms with Crippen LogP contribution in [0.25, 0.3) is 0 Å². The Hall–Kier alpha value is -1.60. The first-order chi connectivity index (χ1) is 7.77. The van der Waals surface area contributed by atoms with Crippen LogP contribution in [0.1, 0.15) is 24.5 Å². The fourth-order valence-corrected chi connectivity index (χ4v) is 1.99. The Balaban J connectivity index is 2.49. The lowest BCUT2D eigenvalue weighted by Crippen LogP contribution is -2.24. The third kappa shape index (κ3) is 1.86. The second-order valence-electron chi connectivity index (χ2n) is 3.91. The Morgan fingerprint density at radius 3 is 1.50 bits per heavy atom. The van der Waals surface area contributed by atoms with Gasteiger partial charge in [-0.1, -0.05) is 67.6 Å². The molecule has 1 radical (unpaired) electrons. The number of rotatable bonds is 3. The van der Waals surface area contributed by atoms with Crippen LogP contribution >= 0.6 is 0 Å². The Labute approximate surface area is 96.4 Å². The maximum absolute atomic E-state index is 12.9. The zero-order valence-electron chi connectivity index (χ0n) is 9.39. The van der Waals surface area contributed by atoms with Gasteiger partial charge in [-0.05, 0) is 17.5 Å². The molecule has 1 heteroatoms. The highest BCUT2D eigenvalue weighted by atomic mass is 16.3. The minimum atomic E-state index is -1.12. The van der Waals surface area contributed by atoms with Crippen molar-refractivity contribution in [2.24, 2.45) is 0 Å². The summed E-state index contributed by atoms with van der Waals surface area (Å²) in [5.41, 5.74) is 0.551. The monoisotopic (exact) mass is 211 g/mol. The normalized spacial score (nSPS) is 11.4. The van der Waals surface area contributed by atoms with Crippen LogP contribution in [0.15, 0.2) is 60.7 Å². The lowest BCUT2D eigenvalue weighted by Gasteiger charge is -2.25. The van der Waals surface area contributed by atoms with Crippen LogP contribution in [-0.2, 0) is 10.7 Å². The van der Waals surface area contributed by atoms with Crippen molar-refractivity contribution in [3.8, 4) is 0 Å². The van der Waals surface area contributed by atoms with E-state index in [4.69, 9.17) is 0 Å². The van der Waals surface area contributed by atoms with E-state index in [0.717, 1.165) is 11.1 Å². The first kappa shape index (κ1) is 10.9. The SMILES string of the molecule is CCC([O])(c1ccccc1)c1ccccc1. The molecule has 0 aromatic heterocycles. The second-order valence-corrected chi connectivity index (χ2v) is 3.91. The van der Waals surface area contributed by atoms with Gasteiger partial charge in [-0.2, -0.15) is 0 Å². The largest absolute Gasteiger partial charge is 0.219 e. The maximum Gasteiger partial charge on any atom is 0.153 e. The van der Waals surface area contributed by atoms with Crippen LogP contribution in [0, 0.1) is 0 Å². The molecule has 0 aliphatic heterocycles. The average Bonchev–Trinajstić information content (AvgIpc) is 2.40. The third-order valence-electron chi connectivity index (χ3n) is 2.98. The summed E-state index contributed by atoms with van der Waals surface area (Å²) in [5.74, 6) is 0. The Morgan fingerprint density at radius 1 is 0.812 bits per heavy atom. The molecule has 2 rings (SSSR count). The van der Waals surface area contributed by atoms with Crippen molar-refractivity contribution in [2.45, 2.75) is 18.9 Å². The molecule has 0 fully saturated rings. The van der Waals surface area contributed by atoms with Crippen LogP contribution in [0.3, 0.4) is 0 Å². The molecule has 0 spiro atoms. The number of hydrogen-bond donors (Lipinski definition) is 0. The minimum Gasteiger partial charge on any atom is -0.219 e. The molecule has 0 aliphatic rings. The van der Waals surface area contributed by atoms with Gasteiger partial charge in [0, 0.05) is 0 Å². The van der Waals surface area contributed by atoms with Gasteiger partial charge in [0.1, 0.15) is 0 Å². The van der Waals surface area contributed by atoms with Gasteiger partial charge in [0.15, 0.2) is 5.60 Å². The number of hydrogen-bond acceptors (Lipinski definition) is 0. The Kier molecular flexibility index (Phi) is 3.07. The number of benzene rings is 2. The molecule has 2 aromatic rings. The smallest absolute Gasteiger partial charge is 0.153 e. The van der Waals surface area contributed by atoms with E-state index < -0.39 is 5.60 Å². The fourth-order valence-electron chi connectivity index (χ4n) is 1.99. The molecule has 0 saturated heterocycles. The van der Waals surface area contributed by atoms with Gasteiger partial charge in [-0.15, -0.1) is 0 Å². The van der Waals surface area contributed by atoms with E-state index in [1.165, 1.54) is 0 Å². The molecule has 0 bridgehead atoms. The molecule has 0 saturated carbocycles. The standard InChI is InChI=1S/C15H15O/c1-2-15(16,13-9-5-3-6-10-13)14-11-7-4-8-12-14/h3-12H,2H2,1H3. The van der Waals surface area contributed by atoms with Crippen molar-refractivity contribution in [1.29, 1.82) is 0 Å². The van der Waals surface area contributed by atoms with E-state index >= 15 is 0 Å². The van der Waals surface area contributed by atoms with E-state index in [0.29, 0.717) is 6.42 Å². The molecule has 1 nitrogen and oxygen atoms in total. The molecular formula is C15H15O. The van der Waals surface area contributed by atoms with Gasteiger partial charge in [0.05, 0.1) is 0 Å². The predicted molar refractivity (Wildman–Crippen MR) is 64.6 cm³/mol. The van der Waals surface area contributed by atoms with Crippen LogP contribution in [0.5, 0.6) is 0 Å². The van der Waals surface area contributed by atoms with Gasteiger partial charge in [0.25, 0.3) is 0 Å². The van der Waals surface area contributed by atoms with E-state index in [1.807, 2.05) is 67.6 Å². The van der Waals surface area contributed by atoms with Gasteiger partial charge < -0.3 is 0 Å². The molecule has 0 N–H and O–H groups in total. The van der Waals surface area contributed by atoms with Crippen LogP contribution in [0.4, 0.5) is 0 Å². The lowest BCUT2D eigenvalue weighted by molar-refractivity contribution is -0.000481. The molecule has 0 amide bonds. The second kappa shape index (κ2) is 4.50. The van der Waals surface area contributed by atoms with Crippen LogP contribution in [-0.4, -0.2) is 0 Å². The molecular weight excluding hydrogens is 196 g/mol. The van der Waals surface area contributed by atoms with Gasteiger partial charge in [-0.3, -0.25) is 0 Å². The molecule has 0 unspecified atom stereocenters. The van der Waals surface area contributed by atoms with Crippen molar-refractivity contribution in [3.05, 3.63) is 71.8 Å². The van der Waals surface area contributed by atoms with E-state index in [2.05, 4.69) is 0 Å². The summed E-state index contributed by atoms with van der Waals surface area (Å²) in [6, 6.07) is 19.2. The lowest BCUT2D eigenvalue weighted by atomic mass is 9.84. The van der Waals surface area contributed by atoms with Crippen LogP contribution < -0.4 is 0 Å². The van der Waals surface area contributed by atoms with Gasteiger partial charge >= 0.3 is 0 Å². The predicted octanol–water partition coefficient (Wildman–Crippen LogP) is 3.77. The summed E-state index contributed by atoms with van der Waals surface area (Å²) in [6.45, 7) is 1.94. The molecule has 16 heavy (non-hydrogen) atoms. The van der Waals surface area contributed by atoms with Gasteiger partial charge in [-0.25, -0.2) is 5.11 Å². The summed E-state index contributed by atoms with van der Waals surface area (Å²) in [4.78, 5) is 0. The summed E-state index contributed by atoms with van der Waals surface area (Å²) in [5, 5.41) is 12.9. The first-order valence-electron chi connectivity index (χ1n) is 5.59. The van der Waals surface area contributed by atoms with E-state index in [1.54, 1.807) is 0 Å². The van der Waals surface area contributed by atoms with Gasteiger partial charge in [0.2, 0.25) is 0 Å². The highest BCUT2D eigenvalue weighted by Crippen LogP contribution is 2.33. The molecule has 2 aromatic carbocycles. The van der Waals surface area contributed by atoms with Crippen molar-refractivity contribution >= 4 is 0 Å². The average molecular weight is 211 g/mol. The molecule has 0 atom stereocenters. The highest BCUT2D eigenvalue weighted by Gasteiger charge is 2.31. The van der Waals surface area contributed by atoms with Crippen LogP contribution in [0.2, 0.25) is 0 Å². The van der Waals surface area contributed by atoms with E-state index in [-0.39, 0.29) is 0 Å². The maximum atomic E-state index is 12.9. The third-order valence-corrected chi connectivity index (χ3v) is 2.98. The van der Waals surface area contributed by atoms with Crippen molar-refractivity contribution in [1.82, 2.24) is 0 Å². The zero-order valence-corrected chi connectivity index (χ0v) is 9.39. The summed E-state index contributed by atoms with van der Waals surface area (Å²) < 4.78 is 0. The highest BCUT2D eigenvalue weighted by molar-refractivity contribution is 5.35. The summed E-state index contributed by atoms with van der Waals surface area (Å²) in [7, 11) is 0. The Morgan fingerprint density at radius 2 is 1.19 bits per heavy atom. The molecule has 0 heterocycles. The zero-order chi connectivity index (χ0) is 11.4. The summed E-state index contributed by atoms with van der Waals surface area (Å²) in [6.07, 6.45) is 0.557. The quantitative estimate of drug-likeness (QED) is 0.736. The first-order valence-corrected chi connectivity index (χ1v) is 5.59. The van der Waals surface area contributed by atoms with E-state index in [9.17, 15) is 5.11 Å². The molecule has 81 valence electrons. The molecule has 0 aliphatic carbocycles. The fraction of sp³-hybridized carbons (Fsp3) is 0.200. The summed E-state index contributed by atoms with van der Waals surface area (Å²) >= 11 is 0. The van der Waals surface area contributed by atoms with Crippen molar-refractivity contribution in [3.63, 3.8) is 0 Å².